The van der Waals surface area contributed by atoms with Gasteiger partial charge >= 0.3 is 5.97 Å². The van der Waals surface area contributed by atoms with Crippen LogP contribution in [0.25, 0.3) is 0 Å². The molecule has 1 aromatic heterocycles. The maximum absolute atomic E-state index is 11.8. The summed E-state index contributed by atoms with van der Waals surface area (Å²) in [6.07, 6.45) is 1.17. The first kappa shape index (κ1) is 13.5. The van der Waals surface area contributed by atoms with Gasteiger partial charge in [-0.25, -0.2) is 9.78 Å². The summed E-state index contributed by atoms with van der Waals surface area (Å²) >= 11 is 0. The zero-order valence-electron chi connectivity index (χ0n) is 10.3. The minimum atomic E-state index is -1.26. The second kappa shape index (κ2) is 4.98. The Morgan fingerprint density at radius 3 is 3.00 bits per heavy atom. The van der Waals surface area contributed by atoms with Gasteiger partial charge in [0, 0.05) is 19.6 Å². The first-order valence-electron chi connectivity index (χ1n) is 5.83. The highest BCUT2D eigenvalue weighted by Gasteiger charge is 2.40. The number of aliphatic hydroxyl groups is 1. The number of nitrogens with one attached hydrogen (secondary N) is 2. The van der Waals surface area contributed by atoms with E-state index in [1.54, 1.807) is 6.92 Å². The molecule has 0 aliphatic carbocycles. The van der Waals surface area contributed by atoms with Crippen molar-refractivity contribution in [1.82, 2.24) is 15.3 Å². The van der Waals surface area contributed by atoms with Gasteiger partial charge in [-0.3, -0.25) is 4.79 Å². The largest absolute Gasteiger partial charge is 0.477 e. The van der Waals surface area contributed by atoms with Crippen molar-refractivity contribution in [2.75, 3.05) is 13.2 Å². The molecular weight excluding hydrogens is 254 g/mol. The Labute approximate surface area is 108 Å². The van der Waals surface area contributed by atoms with Gasteiger partial charge in [0.2, 0.25) is 0 Å². The van der Waals surface area contributed by atoms with E-state index in [1.807, 2.05) is 0 Å². The van der Waals surface area contributed by atoms with Gasteiger partial charge in [0.05, 0.1) is 12.4 Å². The summed E-state index contributed by atoms with van der Waals surface area (Å²) in [5.74, 6) is -1.91. The van der Waals surface area contributed by atoms with Gasteiger partial charge < -0.3 is 25.3 Å². The minimum absolute atomic E-state index is 0.0150. The van der Waals surface area contributed by atoms with Gasteiger partial charge in [-0.15, -0.1) is 0 Å². The minimum Gasteiger partial charge on any atom is -0.477 e. The van der Waals surface area contributed by atoms with Gasteiger partial charge in [0.15, 0.2) is 11.4 Å². The van der Waals surface area contributed by atoms with Crippen molar-refractivity contribution < 1.29 is 24.5 Å². The molecule has 0 bridgehead atoms. The quantitative estimate of drug-likeness (QED) is 0.577. The van der Waals surface area contributed by atoms with Crippen LogP contribution < -0.4 is 5.32 Å². The maximum Gasteiger partial charge on any atom is 0.354 e. The molecule has 0 saturated carbocycles. The number of aromatic amines is 1. The summed E-state index contributed by atoms with van der Waals surface area (Å²) in [6, 6.07) is 0. The molecule has 8 nitrogen and oxygen atoms in total. The molecular formula is C11H15N3O5. The second-order valence-corrected chi connectivity index (χ2v) is 4.48. The molecule has 2 unspecified atom stereocenters. The predicted molar refractivity (Wildman–Crippen MR) is 62.9 cm³/mol. The first-order chi connectivity index (χ1) is 8.94. The number of carbonyl (C=O) groups excluding carboxylic acids is 1. The Bertz CT molecular complexity index is 500. The second-order valence-electron chi connectivity index (χ2n) is 4.48. The summed E-state index contributed by atoms with van der Waals surface area (Å²) in [5.41, 5.74) is -1.61. The third-order valence-electron chi connectivity index (χ3n) is 3.28. The fourth-order valence-electron chi connectivity index (χ4n) is 1.95. The van der Waals surface area contributed by atoms with Crippen LogP contribution in [0.2, 0.25) is 0 Å². The van der Waals surface area contributed by atoms with Crippen LogP contribution in [0.4, 0.5) is 0 Å². The number of carboxylic acids is 1. The topological polar surface area (TPSA) is 125 Å². The lowest BCUT2D eigenvalue weighted by Crippen LogP contribution is -2.47. The Kier molecular flexibility index (Phi) is 3.54. The maximum atomic E-state index is 11.8. The number of aromatic nitrogens is 2. The molecule has 1 saturated heterocycles. The van der Waals surface area contributed by atoms with E-state index in [9.17, 15) is 14.7 Å². The van der Waals surface area contributed by atoms with Crippen LogP contribution in [0.1, 0.15) is 34.3 Å². The standard InChI is InChI=1S/C11H15N3O5/c1-6-11(18,2-3-19-6)4-12-9(15)7-8(10(16)17)14-5-13-7/h5-6,18H,2-4H2,1H3,(H,12,15)(H,13,14)(H,16,17). The fraction of sp³-hybridized carbons (Fsp3) is 0.545. The van der Waals surface area contributed by atoms with Crippen LogP contribution in [0, 0.1) is 0 Å². The molecule has 1 amide bonds. The van der Waals surface area contributed by atoms with Crippen molar-refractivity contribution in [2.45, 2.75) is 25.0 Å². The molecule has 1 aliphatic rings. The number of rotatable bonds is 4. The molecule has 0 aromatic carbocycles. The van der Waals surface area contributed by atoms with E-state index >= 15 is 0 Å². The smallest absolute Gasteiger partial charge is 0.354 e. The third-order valence-corrected chi connectivity index (χ3v) is 3.28. The summed E-state index contributed by atoms with van der Waals surface area (Å²) in [5, 5.41) is 21.5. The fourth-order valence-corrected chi connectivity index (χ4v) is 1.95. The molecule has 8 heteroatoms. The SMILES string of the molecule is CC1OCCC1(O)CNC(=O)c1nc[nH]c1C(=O)O. The average molecular weight is 269 g/mol. The summed E-state index contributed by atoms with van der Waals surface area (Å²) in [6.45, 7) is 2.13. The van der Waals surface area contributed by atoms with Crippen LogP contribution in [0.5, 0.6) is 0 Å². The van der Waals surface area contributed by atoms with Gasteiger partial charge in [0.25, 0.3) is 5.91 Å². The number of hydrogen-bond acceptors (Lipinski definition) is 5. The molecule has 1 aromatic rings. The molecule has 0 spiro atoms. The van der Waals surface area contributed by atoms with E-state index < -0.39 is 17.5 Å². The van der Waals surface area contributed by atoms with E-state index in [0.29, 0.717) is 13.0 Å². The molecule has 0 radical (unpaired) electrons. The Morgan fingerprint density at radius 1 is 1.68 bits per heavy atom. The van der Waals surface area contributed by atoms with Crippen molar-refractivity contribution in [3.05, 3.63) is 17.7 Å². The van der Waals surface area contributed by atoms with Crippen molar-refractivity contribution in [2.24, 2.45) is 0 Å². The molecule has 104 valence electrons. The molecule has 2 heterocycles. The number of ether oxygens (including phenoxy) is 1. The summed E-state index contributed by atoms with van der Waals surface area (Å²) in [4.78, 5) is 28.7. The molecule has 4 N–H and O–H groups in total. The Balaban J connectivity index is 2.02. The monoisotopic (exact) mass is 269 g/mol. The van der Waals surface area contributed by atoms with Gasteiger partial charge in [-0.1, -0.05) is 0 Å². The number of H-pyrrole nitrogens is 1. The first-order valence-corrected chi connectivity index (χ1v) is 5.83. The van der Waals surface area contributed by atoms with Crippen LogP contribution in [0.3, 0.4) is 0 Å². The van der Waals surface area contributed by atoms with Crippen molar-refractivity contribution in [1.29, 1.82) is 0 Å². The van der Waals surface area contributed by atoms with Gasteiger partial charge in [-0.2, -0.15) is 0 Å². The van der Waals surface area contributed by atoms with Crippen LogP contribution >= 0.6 is 0 Å². The van der Waals surface area contributed by atoms with E-state index in [2.05, 4.69) is 15.3 Å². The zero-order chi connectivity index (χ0) is 14.0. The van der Waals surface area contributed by atoms with Crippen molar-refractivity contribution in [3.63, 3.8) is 0 Å². The van der Waals surface area contributed by atoms with E-state index in [-0.39, 0.29) is 24.0 Å². The third kappa shape index (κ3) is 2.59. The van der Waals surface area contributed by atoms with Crippen LogP contribution in [0.15, 0.2) is 6.33 Å². The Morgan fingerprint density at radius 2 is 2.42 bits per heavy atom. The predicted octanol–water partition coefficient (Wildman–Crippen LogP) is -0.622. The lowest BCUT2D eigenvalue weighted by atomic mass is 9.97. The lowest BCUT2D eigenvalue weighted by molar-refractivity contribution is -0.0252. The highest BCUT2D eigenvalue weighted by Crippen LogP contribution is 2.24. The number of hydrogen-bond donors (Lipinski definition) is 4. The van der Waals surface area contributed by atoms with Crippen LogP contribution in [-0.2, 0) is 4.74 Å². The van der Waals surface area contributed by atoms with Crippen LogP contribution in [-0.4, -0.2) is 56.9 Å². The molecule has 1 fully saturated rings. The van der Waals surface area contributed by atoms with E-state index in [1.165, 1.54) is 0 Å². The Hall–Kier alpha value is -1.93. The zero-order valence-corrected chi connectivity index (χ0v) is 10.3. The summed E-state index contributed by atoms with van der Waals surface area (Å²) < 4.78 is 5.24. The van der Waals surface area contributed by atoms with Gasteiger partial charge in [0.1, 0.15) is 5.60 Å². The number of imidazole rings is 1. The normalized spacial score (nSPS) is 26.3. The number of nitrogens with zero attached hydrogens (tertiary/aromatic N) is 1. The van der Waals surface area contributed by atoms with E-state index in [4.69, 9.17) is 9.84 Å². The number of carbonyl (C=O) groups is 2. The number of carboxylic acid groups (broad SMARTS) is 1. The molecule has 2 atom stereocenters. The van der Waals surface area contributed by atoms with Crippen molar-refractivity contribution >= 4 is 11.9 Å². The number of aromatic carboxylic acids is 1. The summed E-state index contributed by atoms with van der Waals surface area (Å²) in [7, 11) is 0. The molecule has 19 heavy (non-hydrogen) atoms. The average Bonchev–Trinajstić information content (AvgIpc) is 2.95. The van der Waals surface area contributed by atoms with E-state index in [0.717, 1.165) is 6.33 Å². The van der Waals surface area contributed by atoms with Crippen molar-refractivity contribution in [3.8, 4) is 0 Å². The van der Waals surface area contributed by atoms with Gasteiger partial charge in [-0.05, 0) is 6.92 Å². The highest BCUT2D eigenvalue weighted by molar-refractivity contribution is 6.02. The number of amides is 1. The molecule has 1 aliphatic heterocycles. The molecule has 2 rings (SSSR count). The highest BCUT2D eigenvalue weighted by atomic mass is 16.5. The lowest BCUT2D eigenvalue weighted by Gasteiger charge is -2.25.